The molecule has 0 unspecified atom stereocenters. The van der Waals surface area contributed by atoms with Crippen molar-refractivity contribution in [1.82, 2.24) is 4.72 Å². The van der Waals surface area contributed by atoms with Crippen molar-refractivity contribution in [2.75, 3.05) is 0 Å². The average Bonchev–Trinajstić information content (AvgIpc) is 2.25. The predicted molar refractivity (Wildman–Crippen MR) is 62.2 cm³/mol. The Labute approximate surface area is 102 Å². The van der Waals surface area contributed by atoms with Gasteiger partial charge >= 0.3 is 6.09 Å². The lowest BCUT2D eigenvalue weighted by molar-refractivity contribution is -0.385. The van der Waals surface area contributed by atoms with Crippen LogP contribution in [-0.2, 0) is 10.0 Å². The van der Waals surface area contributed by atoms with E-state index in [9.17, 15) is 23.3 Å². The Kier molecular flexibility index (Phi) is 4.00. The van der Waals surface area contributed by atoms with Crippen LogP contribution in [0.15, 0.2) is 29.7 Å². The standard InChI is InChI=1S/C9H8N2O6S/c12-9(13)10-18(16,17)6-5-7-3-1-2-4-8(7)11(14)15/h1-6,10H,(H,12,13). The van der Waals surface area contributed by atoms with Gasteiger partial charge in [-0.05, 0) is 12.1 Å². The Hall–Kier alpha value is -2.42. The number of hydrogen-bond acceptors (Lipinski definition) is 5. The first kappa shape index (κ1) is 13.6. The Morgan fingerprint density at radius 3 is 2.56 bits per heavy atom. The minimum absolute atomic E-state index is 0.0539. The first-order valence-corrected chi connectivity index (χ1v) is 6.04. The van der Waals surface area contributed by atoms with Crippen LogP contribution in [0, 0.1) is 10.1 Å². The fraction of sp³-hybridized carbons (Fsp3) is 0. The second-order valence-corrected chi connectivity index (χ2v) is 4.64. The molecule has 9 heteroatoms. The fourth-order valence-corrected chi connectivity index (χ4v) is 1.75. The molecule has 0 radical (unpaired) electrons. The molecule has 0 heterocycles. The van der Waals surface area contributed by atoms with E-state index in [-0.39, 0.29) is 11.3 Å². The molecular weight excluding hydrogens is 264 g/mol. The van der Waals surface area contributed by atoms with Gasteiger partial charge in [-0.15, -0.1) is 0 Å². The molecular formula is C9H8N2O6S. The Bertz CT molecular complexity index is 607. The van der Waals surface area contributed by atoms with Crippen LogP contribution in [-0.4, -0.2) is 24.5 Å². The van der Waals surface area contributed by atoms with Crippen molar-refractivity contribution in [2.24, 2.45) is 0 Å². The van der Waals surface area contributed by atoms with Crippen LogP contribution in [0.25, 0.3) is 6.08 Å². The number of carbonyl (C=O) groups is 1. The molecule has 0 aliphatic rings. The normalized spacial score (nSPS) is 11.3. The van der Waals surface area contributed by atoms with Gasteiger partial charge in [-0.2, -0.15) is 0 Å². The third-order valence-corrected chi connectivity index (χ3v) is 2.74. The predicted octanol–water partition coefficient (Wildman–Crippen LogP) is 1.16. The first-order valence-electron chi connectivity index (χ1n) is 4.49. The smallest absolute Gasteiger partial charge is 0.418 e. The quantitative estimate of drug-likeness (QED) is 0.625. The van der Waals surface area contributed by atoms with Gasteiger partial charge in [0.15, 0.2) is 0 Å². The molecule has 1 aromatic rings. The fourth-order valence-electron chi connectivity index (χ4n) is 1.11. The molecule has 0 fully saturated rings. The number of nitrogens with zero attached hydrogens (tertiary/aromatic N) is 1. The SMILES string of the molecule is O=C(O)NS(=O)(=O)C=Cc1ccccc1[N+](=O)[O-]. The van der Waals surface area contributed by atoms with E-state index in [0.29, 0.717) is 5.41 Å². The van der Waals surface area contributed by atoms with E-state index >= 15 is 0 Å². The van der Waals surface area contributed by atoms with Gasteiger partial charge in [0, 0.05) is 6.07 Å². The van der Waals surface area contributed by atoms with Crippen molar-refractivity contribution >= 4 is 27.9 Å². The van der Waals surface area contributed by atoms with Crippen LogP contribution in [0.4, 0.5) is 10.5 Å². The molecule has 0 aliphatic carbocycles. The minimum atomic E-state index is -4.17. The largest absolute Gasteiger partial charge is 0.464 e. The van der Waals surface area contributed by atoms with Crippen LogP contribution < -0.4 is 4.72 Å². The summed E-state index contributed by atoms with van der Waals surface area (Å²) in [6.45, 7) is 0. The Morgan fingerprint density at radius 1 is 1.39 bits per heavy atom. The van der Waals surface area contributed by atoms with Gasteiger partial charge in [0.1, 0.15) is 0 Å². The Balaban J connectivity index is 3.05. The van der Waals surface area contributed by atoms with Gasteiger partial charge in [-0.25, -0.2) is 17.9 Å². The summed E-state index contributed by atoms with van der Waals surface area (Å²) in [6, 6.07) is 5.46. The van der Waals surface area contributed by atoms with E-state index in [4.69, 9.17) is 5.11 Å². The number of nitro groups is 1. The summed E-state index contributed by atoms with van der Waals surface area (Å²) in [5, 5.41) is 19.4. The van der Waals surface area contributed by atoms with Gasteiger partial charge in [0.2, 0.25) is 0 Å². The van der Waals surface area contributed by atoms with Gasteiger partial charge < -0.3 is 5.11 Å². The number of nitrogens with one attached hydrogen (secondary N) is 1. The summed E-state index contributed by atoms with van der Waals surface area (Å²) in [5.74, 6) is 0. The van der Waals surface area contributed by atoms with E-state index in [1.807, 2.05) is 0 Å². The molecule has 0 bridgehead atoms. The highest BCUT2D eigenvalue weighted by Crippen LogP contribution is 2.19. The molecule has 96 valence electrons. The van der Waals surface area contributed by atoms with Crippen molar-refractivity contribution in [1.29, 1.82) is 0 Å². The zero-order valence-electron chi connectivity index (χ0n) is 8.81. The zero-order chi connectivity index (χ0) is 13.8. The molecule has 2 N–H and O–H groups in total. The van der Waals surface area contributed by atoms with Crippen LogP contribution in [0.5, 0.6) is 0 Å². The lowest BCUT2D eigenvalue weighted by Crippen LogP contribution is -2.26. The highest BCUT2D eigenvalue weighted by atomic mass is 32.2. The van der Waals surface area contributed by atoms with Gasteiger partial charge in [0.25, 0.3) is 15.7 Å². The van der Waals surface area contributed by atoms with Gasteiger partial charge in [-0.3, -0.25) is 10.1 Å². The van der Waals surface area contributed by atoms with E-state index in [1.165, 1.54) is 29.0 Å². The molecule has 0 spiro atoms. The molecule has 0 saturated heterocycles. The molecule has 1 amide bonds. The van der Waals surface area contributed by atoms with Crippen molar-refractivity contribution < 1.29 is 23.2 Å². The van der Waals surface area contributed by atoms with Crippen molar-refractivity contribution in [3.8, 4) is 0 Å². The number of hydrogen-bond donors (Lipinski definition) is 2. The van der Waals surface area contributed by atoms with E-state index < -0.39 is 21.0 Å². The average molecular weight is 272 g/mol. The third-order valence-electron chi connectivity index (χ3n) is 1.79. The molecule has 1 rings (SSSR count). The highest BCUT2D eigenvalue weighted by molar-refractivity contribution is 7.93. The summed E-state index contributed by atoms with van der Waals surface area (Å²) < 4.78 is 23.6. The van der Waals surface area contributed by atoms with E-state index in [2.05, 4.69) is 0 Å². The number of sulfonamides is 1. The van der Waals surface area contributed by atoms with Crippen molar-refractivity contribution in [2.45, 2.75) is 0 Å². The lowest BCUT2D eigenvalue weighted by Gasteiger charge is -1.98. The first-order chi connectivity index (χ1) is 8.32. The zero-order valence-corrected chi connectivity index (χ0v) is 9.62. The maximum atomic E-state index is 11.1. The van der Waals surface area contributed by atoms with Gasteiger partial charge in [-0.1, -0.05) is 12.1 Å². The number of carboxylic acid groups (broad SMARTS) is 1. The summed E-state index contributed by atoms with van der Waals surface area (Å²) in [5.41, 5.74) is -0.225. The van der Waals surface area contributed by atoms with Crippen LogP contribution >= 0.6 is 0 Å². The summed E-state index contributed by atoms with van der Waals surface area (Å²) >= 11 is 0. The van der Waals surface area contributed by atoms with Crippen LogP contribution in [0.1, 0.15) is 5.56 Å². The number of nitro benzene ring substituents is 1. The number of amides is 1. The molecule has 8 nitrogen and oxygen atoms in total. The van der Waals surface area contributed by atoms with Crippen LogP contribution in [0.3, 0.4) is 0 Å². The molecule has 18 heavy (non-hydrogen) atoms. The number of para-hydroxylation sites is 1. The van der Waals surface area contributed by atoms with E-state index in [0.717, 1.165) is 6.08 Å². The summed E-state index contributed by atoms with van der Waals surface area (Å²) in [6.07, 6.45) is -0.786. The molecule has 0 aliphatic heterocycles. The topological polar surface area (TPSA) is 127 Å². The van der Waals surface area contributed by atoms with Crippen molar-refractivity contribution in [3.63, 3.8) is 0 Å². The molecule has 1 aromatic carbocycles. The monoisotopic (exact) mass is 272 g/mol. The Morgan fingerprint density at radius 2 is 2.00 bits per heavy atom. The molecule has 0 aromatic heterocycles. The highest BCUT2D eigenvalue weighted by Gasteiger charge is 2.12. The van der Waals surface area contributed by atoms with E-state index in [1.54, 1.807) is 0 Å². The minimum Gasteiger partial charge on any atom is -0.464 e. The number of rotatable bonds is 4. The lowest BCUT2D eigenvalue weighted by atomic mass is 10.2. The summed E-state index contributed by atoms with van der Waals surface area (Å²) in [4.78, 5) is 20.1. The third kappa shape index (κ3) is 3.87. The van der Waals surface area contributed by atoms with Gasteiger partial charge in [0.05, 0.1) is 15.9 Å². The summed E-state index contributed by atoms with van der Waals surface area (Å²) in [7, 11) is -4.17. The molecule has 0 atom stereocenters. The number of benzene rings is 1. The maximum absolute atomic E-state index is 11.1. The maximum Gasteiger partial charge on any atom is 0.418 e. The van der Waals surface area contributed by atoms with Crippen LogP contribution in [0.2, 0.25) is 0 Å². The second kappa shape index (κ2) is 5.27. The van der Waals surface area contributed by atoms with Crippen molar-refractivity contribution in [3.05, 3.63) is 45.4 Å². The second-order valence-electron chi connectivity index (χ2n) is 3.07. The molecule has 0 saturated carbocycles.